The highest BCUT2D eigenvalue weighted by Crippen LogP contribution is 2.24. The smallest absolute Gasteiger partial charge is 0.322 e. The molecule has 1 heterocycles. The fraction of sp³-hybridized carbons (Fsp3) is 0.500. The number of nitrogens with zero attached hydrogens (tertiary/aromatic N) is 1. The van der Waals surface area contributed by atoms with E-state index in [1.807, 2.05) is 19.1 Å². The summed E-state index contributed by atoms with van der Waals surface area (Å²) in [4.78, 5) is 14.0. The van der Waals surface area contributed by atoms with Gasteiger partial charge >= 0.3 is 6.03 Å². The molecule has 2 amide bonds. The van der Waals surface area contributed by atoms with Crippen LogP contribution in [0.5, 0.6) is 5.75 Å². The van der Waals surface area contributed by atoms with E-state index in [2.05, 4.69) is 5.32 Å². The van der Waals surface area contributed by atoms with Crippen LogP contribution in [0.25, 0.3) is 0 Å². The lowest BCUT2D eigenvalue weighted by atomic mass is 10.2. The predicted molar refractivity (Wildman–Crippen MR) is 75.0 cm³/mol. The summed E-state index contributed by atoms with van der Waals surface area (Å²) in [5.74, 6) is 0.612. The van der Waals surface area contributed by atoms with Crippen LogP contribution >= 0.6 is 0 Å². The Morgan fingerprint density at radius 2 is 2.30 bits per heavy atom. The number of carbonyl (C=O) groups is 1. The maximum absolute atomic E-state index is 12.3. The van der Waals surface area contributed by atoms with E-state index in [1.54, 1.807) is 24.1 Å². The number of methoxy groups -OCH3 is 1. The molecule has 2 rings (SSSR count). The van der Waals surface area contributed by atoms with Crippen LogP contribution in [0.15, 0.2) is 24.3 Å². The van der Waals surface area contributed by atoms with Gasteiger partial charge in [0.1, 0.15) is 5.75 Å². The van der Waals surface area contributed by atoms with E-state index in [0.717, 1.165) is 0 Å². The van der Waals surface area contributed by atoms with Gasteiger partial charge in [-0.05, 0) is 19.1 Å². The number of para-hydroxylation sites is 2. The fourth-order valence-corrected chi connectivity index (χ4v) is 2.15. The Morgan fingerprint density at radius 1 is 1.55 bits per heavy atom. The minimum Gasteiger partial charge on any atom is -0.495 e. The van der Waals surface area contributed by atoms with Crippen LogP contribution in [-0.2, 0) is 4.74 Å². The molecule has 6 heteroatoms. The van der Waals surface area contributed by atoms with Crippen molar-refractivity contribution in [1.82, 2.24) is 4.90 Å². The van der Waals surface area contributed by atoms with E-state index in [-0.39, 0.29) is 24.8 Å². The number of aliphatic hydroxyl groups is 1. The van der Waals surface area contributed by atoms with Crippen molar-refractivity contribution in [3.63, 3.8) is 0 Å². The van der Waals surface area contributed by atoms with Gasteiger partial charge < -0.3 is 24.8 Å². The van der Waals surface area contributed by atoms with Crippen molar-refractivity contribution < 1.29 is 19.4 Å². The SMILES string of the molecule is COc1ccccc1NC(=O)N1CC(CO)OCC1C. The van der Waals surface area contributed by atoms with Crippen LogP contribution in [-0.4, -0.2) is 55.1 Å². The van der Waals surface area contributed by atoms with Gasteiger partial charge in [0.15, 0.2) is 0 Å². The molecule has 20 heavy (non-hydrogen) atoms. The molecule has 0 spiro atoms. The van der Waals surface area contributed by atoms with Gasteiger partial charge in [0.05, 0.1) is 44.7 Å². The number of anilines is 1. The van der Waals surface area contributed by atoms with Gasteiger partial charge in [0, 0.05) is 0 Å². The Morgan fingerprint density at radius 3 is 3.00 bits per heavy atom. The predicted octanol–water partition coefficient (Wildman–Crippen LogP) is 1.31. The molecule has 2 N–H and O–H groups in total. The fourth-order valence-electron chi connectivity index (χ4n) is 2.15. The second-order valence-corrected chi connectivity index (χ2v) is 4.77. The number of rotatable bonds is 3. The third kappa shape index (κ3) is 3.20. The van der Waals surface area contributed by atoms with Crippen LogP contribution in [0.3, 0.4) is 0 Å². The summed E-state index contributed by atoms with van der Waals surface area (Å²) in [6, 6.07) is 6.99. The third-order valence-corrected chi connectivity index (χ3v) is 3.32. The molecule has 0 bridgehead atoms. The van der Waals surface area contributed by atoms with Gasteiger partial charge in [0.25, 0.3) is 0 Å². The molecular formula is C14H20N2O4. The van der Waals surface area contributed by atoms with Crippen molar-refractivity contribution in [2.45, 2.75) is 19.1 Å². The molecule has 1 aromatic carbocycles. The maximum Gasteiger partial charge on any atom is 0.322 e. The number of morpholine rings is 1. The molecule has 1 fully saturated rings. The average Bonchev–Trinajstić information content (AvgIpc) is 2.48. The Balaban J connectivity index is 2.06. The molecule has 1 aromatic rings. The van der Waals surface area contributed by atoms with Gasteiger partial charge in [-0.2, -0.15) is 0 Å². The van der Waals surface area contributed by atoms with Crippen LogP contribution in [0.1, 0.15) is 6.92 Å². The summed E-state index contributed by atoms with van der Waals surface area (Å²) in [6.07, 6.45) is -0.324. The number of urea groups is 1. The molecular weight excluding hydrogens is 260 g/mol. The summed E-state index contributed by atoms with van der Waals surface area (Å²) < 4.78 is 10.6. The topological polar surface area (TPSA) is 71.0 Å². The zero-order valence-corrected chi connectivity index (χ0v) is 11.7. The molecule has 1 saturated heterocycles. The molecule has 0 radical (unpaired) electrons. The number of benzene rings is 1. The number of ether oxygens (including phenoxy) is 2. The largest absolute Gasteiger partial charge is 0.495 e. The monoisotopic (exact) mass is 280 g/mol. The normalized spacial score (nSPS) is 22.4. The van der Waals surface area contributed by atoms with Crippen LogP contribution in [0.2, 0.25) is 0 Å². The minimum absolute atomic E-state index is 0.0347. The average molecular weight is 280 g/mol. The van der Waals surface area contributed by atoms with E-state index in [1.165, 1.54) is 0 Å². The van der Waals surface area contributed by atoms with Crippen LogP contribution in [0, 0.1) is 0 Å². The van der Waals surface area contributed by atoms with E-state index in [4.69, 9.17) is 14.6 Å². The van der Waals surface area contributed by atoms with Crippen LogP contribution in [0.4, 0.5) is 10.5 Å². The highest BCUT2D eigenvalue weighted by molar-refractivity contribution is 5.91. The van der Waals surface area contributed by atoms with E-state index in [0.29, 0.717) is 24.6 Å². The summed E-state index contributed by atoms with van der Waals surface area (Å²) in [6.45, 7) is 2.61. The van der Waals surface area contributed by atoms with Gasteiger partial charge in [-0.3, -0.25) is 0 Å². The highest BCUT2D eigenvalue weighted by Gasteiger charge is 2.29. The molecule has 0 aliphatic carbocycles. The third-order valence-electron chi connectivity index (χ3n) is 3.32. The second kappa shape index (κ2) is 6.58. The summed E-state index contributed by atoms with van der Waals surface area (Å²) in [5.41, 5.74) is 0.624. The first kappa shape index (κ1) is 14.6. The van der Waals surface area contributed by atoms with Crippen LogP contribution < -0.4 is 10.1 Å². The Hall–Kier alpha value is -1.79. The molecule has 2 atom stereocenters. The van der Waals surface area contributed by atoms with Gasteiger partial charge in [-0.1, -0.05) is 12.1 Å². The van der Waals surface area contributed by atoms with Crippen molar-refractivity contribution >= 4 is 11.7 Å². The molecule has 2 unspecified atom stereocenters. The first-order valence-electron chi connectivity index (χ1n) is 6.58. The van der Waals surface area contributed by atoms with E-state index < -0.39 is 0 Å². The number of hydrogen-bond donors (Lipinski definition) is 2. The molecule has 1 aliphatic rings. The molecule has 0 aromatic heterocycles. The van der Waals surface area contributed by atoms with Gasteiger partial charge in [0.2, 0.25) is 0 Å². The van der Waals surface area contributed by atoms with Gasteiger partial charge in [-0.25, -0.2) is 4.79 Å². The van der Waals surface area contributed by atoms with Crippen molar-refractivity contribution in [2.24, 2.45) is 0 Å². The zero-order chi connectivity index (χ0) is 14.5. The Bertz CT molecular complexity index is 466. The zero-order valence-electron chi connectivity index (χ0n) is 11.7. The Labute approximate surface area is 118 Å². The number of hydrogen-bond acceptors (Lipinski definition) is 4. The summed E-state index contributed by atoms with van der Waals surface area (Å²) in [5, 5.41) is 12.0. The first-order valence-corrected chi connectivity index (χ1v) is 6.58. The van der Waals surface area contributed by atoms with Crippen molar-refractivity contribution in [3.05, 3.63) is 24.3 Å². The van der Waals surface area contributed by atoms with Gasteiger partial charge in [-0.15, -0.1) is 0 Å². The number of amides is 2. The standard InChI is InChI=1S/C14H20N2O4/c1-10-9-20-11(8-17)7-16(10)14(18)15-12-5-3-4-6-13(12)19-2/h3-6,10-11,17H,7-9H2,1-2H3,(H,15,18). The Kier molecular flexibility index (Phi) is 4.81. The number of carbonyl (C=O) groups excluding carboxylic acids is 1. The maximum atomic E-state index is 12.3. The minimum atomic E-state index is -0.324. The number of aliphatic hydroxyl groups excluding tert-OH is 1. The van der Waals surface area contributed by atoms with Crippen molar-refractivity contribution in [2.75, 3.05) is 32.2 Å². The second-order valence-electron chi connectivity index (χ2n) is 4.77. The molecule has 110 valence electrons. The lowest BCUT2D eigenvalue weighted by molar-refractivity contribution is -0.0612. The van der Waals surface area contributed by atoms with E-state index >= 15 is 0 Å². The lowest BCUT2D eigenvalue weighted by Crippen LogP contribution is -2.53. The van der Waals surface area contributed by atoms with Crippen molar-refractivity contribution in [3.8, 4) is 5.75 Å². The quantitative estimate of drug-likeness (QED) is 0.875. The molecule has 6 nitrogen and oxygen atoms in total. The van der Waals surface area contributed by atoms with E-state index in [9.17, 15) is 4.79 Å². The molecule has 1 aliphatic heterocycles. The number of nitrogens with one attached hydrogen (secondary N) is 1. The molecule has 0 saturated carbocycles. The first-order chi connectivity index (χ1) is 9.65. The summed E-state index contributed by atoms with van der Waals surface area (Å²) >= 11 is 0. The van der Waals surface area contributed by atoms with Crippen molar-refractivity contribution in [1.29, 1.82) is 0 Å². The highest BCUT2D eigenvalue weighted by atomic mass is 16.5. The lowest BCUT2D eigenvalue weighted by Gasteiger charge is -2.37. The summed E-state index contributed by atoms with van der Waals surface area (Å²) in [7, 11) is 1.56.